The molecule has 0 aliphatic carbocycles. The number of nitrogens with two attached hydrogens (primary N) is 2. The van der Waals surface area contributed by atoms with Crippen molar-refractivity contribution < 1.29 is 0 Å². The van der Waals surface area contributed by atoms with Crippen LogP contribution in [0.3, 0.4) is 0 Å². The van der Waals surface area contributed by atoms with Crippen molar-refractivity contribution in [1.29, 1.82) is 0 Å². The molecule has 3 nitrogen and oxygen atoms in total. The molecule has 66 valence electrons. The maximum Gasteiger partial charge on any atom is 0.0215 e. The van der Waals surface area contributed by atoms with Crippen LogP contribution in [0.4, 0.5) is 0 Å². The fraction of sp³-hybridized carbons (Fsp3) is 1.00. The number of rotatable bonds is 2. The largest absolute Gasteiger partial charge is 0.330 e. The lowest BCUT2D eigenvalue weighted by atomic mass is 9.93. The van der Waals surface area contributed by atoms with Gasteiger partial charge in [0.1, 0.15) is 0 Å². The molecule has 2 atom stereocenters. The average Bonchev–Trinajstić information content (AvgIpc) is 2.04. The molecule has 0 aromatic carbocycles. The first-order chi connectivity index (χ1) is 5.27. The van der Waals surface area contributed by atoms with Gasteiger partial charge < -0.3 is 16.4 Å². The summed E-state index contributed by atoms with van der Waals surface area (Å²) in [4.78, 5) is 2.33. The Hall–Kier alpha value is -0.120. The van der Waals surface area contributed by atoms with E-state index in [-0.39, 0.29) is 0 Å². The van der Waals surface area contributed by atoms with Gasteiger partial charge in [0.05, 0.1) is 0 Å². The zero-order valence-electron chi connectivity index (χ0n) is 7.29. The third-order valence-electron chi connectivity index (χ3n) is 2.68. The molecular formula is C8H19N3. The molecule has 1 saturated heterocycles. The molecule has 1 fully saturated rings. The highest BCUT2D eigenvalue weighted by atomic mass is 15.1. The van der Waals surface area contributed by atoms with E-state index in [1.807, 2.05) is 0 Å². The second-order valence-electron chi connectivity index (χ2n) is 3.51. The van der Waals surface area contributed by atoms with E-state index in [4.69, 9.17) is 11.5 Å². The van der Waals surface area contributed by atoms with Gasteiger partial charge in [0.25, 0.3) is 0 Å². The highest BCUT2D eigenvalue weighted by molar-refractivity contribution is 4.80. The molecule has 4 N–H and O–H groups in total. The molecular weight excluding hydrogens is 138 g/mol. The molecule has 0 radical (unpaired) electrons. The zero-order valence-corrected chi connectivity index (χ0v) is 7.29. The molecule has 0 bridgehead atoms. The Morgan fingerprint density at radius 3 is 2.45 bits per heavy atom. The highest BCUT2D eigenvalue weighted by Gasteiger charge is 2.23. The van der Waals surface area contributed by atoms with Crippen LogP contribution < -0.4 is 11.5 Å². The Kier molecular flexibility index (Phi) is 3.30. The summed E-state index contributed by atoms with van der Waals surface area (Å²) >= 11 is 0. The van der Waals surface area contributed by atoms with Crippen LogP contribution in [-0.4, -0.2) is 37.6 Å². The lowest BCUT2D eigenvalue weighted by Crippen LogP contribution is -2.46. The Labute approximate surface area is 68.7 Å². The quantitative estimate of drug-likeness (QED) is 0.574. The van der Waals surface area contributed by atoms with Crippen LogP contribution in [0.5, 0.6) is 0 Å². The van der Waals surface area contributed by atoms with Gasteiger partial charge in [-0.2, -0.15) is 0 Å². The van der Waals surface area contributed by atoms with Crippen LogP contribution >= 0.6 is 0 Å². The van der Waals surface area contributed by atoms with Crippen molar-refractivity contribution in [2.45, 2.75) is 18.9 Å². The van der Waals surface area contributed by atoms with E-state index in [1.165, 1.54) is 12.8 Å². The minimum atomic E-state index is 0.595. The highest BCUT2D eigenvalue weighted by Crippen LogP contribution is 2.18. The van der Waals surface area contributed by atoms with Crippen molar-refractivity contribution >= 4 is 0 Å². The van der Waals surface area contributed by atoms with Gasteiger partial charge >= 0.3 is 0 Å². The lowest BCUT2D eigenvalue weighted by Gasteiger charge is -2.36. The maximum absolute atomic E-state index is 5.61. The van der Waals surface area contributed by atoms with E-state index in [0.29, 0.717) is 12.0 Å². The molecule has 3 heteroatoms. The Morgan fingerprint density at radius 2 is 2.00 bits per heavy atom. The van der Waals surface area contributed by atoms with Gasteiger partial charge in [-0.05, 0) is 32.4 Å². The summed E-state index contributed by atoms with van der Waals surface area (Å²) in [5.41, 5.74) is 11.2. The van der Waals surface area contributed by atoms with Gasteiger partial charge in [-0.25, -0.2) is 0 Å². The van der Waals surface area contributed by atoms with Crippen molar-refractivity contribution in [3.63, 3.8) is 0 Å². The normalized spacial score (nSPS) is 34.1. The van der Waals surface area contributed by atoms with Gasteiger partial charge in [-0.3, -0.25) is 0 Å². The summed E-state index contributed by atoms with van der Waals surface area (Å²) < 4.78 is 0. The number of piperidine rings is 1. The van der Waals surface area contributed by atoms with Crippen molar-refractivity contribution in [1.82, 2.24) is 4.90 Å². The summed E-state index contributed by atoms with van der Waals surface area (Å²) in [6.07, 6.45) is 2.47. The van der Waals surface area contributed by atoms with Crippen LogP contribution in [0.2, 0.25) is 0 Å². The first-order valence-corrected chi connectivity index (χ1v) is 4.38. The zero-order chi connectivity index (χ0) is 8.27. The predicted molar refractivity (Wildman–Crippen MR) is 47.3 cm³/mol. The van der Waals surface area contributed by atoms with Gasteiger partial charge in [-0.1, -0.05) is 0 Å². The molecule has 0 aromatic heterocycles. The molecule has 11 heavy (non-hydrogen) atoms. The summed E-state index contributed by atoms with van der Waals surface area (Å²) in [7, 11) is 2.14. The number of likely N-dealkylation sites (tertiary alicyclic amines) is 1. The Balaban J connectivity index is 2.34. The second kappa shape index (κ2) is 4.04. The predicted octanol–water partition coefficient (Wildman–Crippen LogP) is -0.386. The van der Waals surface area contributed by atoms with Crippen molar-refractivity contribution in [2.24, 2.45) is 17.4 Å². The van der Waals surface area contributed by atoms with E-state index in [9.17, 15) is 0 Å². The SMILES string of the molecule is CN1CC(CN)CCC1CN. The van der Waals surface area contributed by atoms with Crippen molar-refractivity contribution in [3.05, 3.63) is 0 Å². The summed E-state index contributed by atoms with van der Waals surface area (Å²) in [5, 5.41) is 0. The summed E-state index contributed by atoms with van der Waals surface area (Å²) in [6.45, 7) is 2.73. The van der Waals surface area contributed by atoms with Gasteiger partial charge in [0, 0.05) is 19.1 Å². The number of likely N-dealkylation sites (N-methyl/N-ethyl adjacent to an activating group) is 1. The monoisotopic (exact) mass is 157 g/mol. The Bertz CT molecular complexity index is 116. The summed E-state index contributed by atoms with van der Waals surface area (Å²) in [6, 6.07) is 0.595. The minimum absolute atomic E-state index is 0.595. The van der Waals surface area contributed by atoms with Gasteiger partial charge in [0.2, 0.25) is 0 Å². The third-order valence-corrected chi connectivity index (χ3v) is 2.68. The van der Waals surface area contributed by atoms with Crippen molar-refractivity contribution in [2.75, 3.05) is 26.7 Å². The molecule has 0 amide bonds. The van der Waals surface area contributed by atoms with E-state index < -0.39 is 0 Å². The van der Waals surface area contributed by atoms with E-state index >= 15 is 0 Å². The average molecular weight is 157 g/mol. The minimum Gasteiger partial charge on any atom is -0.330 e. The number of hydrogen-bond donors (Lipinski definition) is 2. The van der Waals surface area contributed by atoms with Gasteiger partial charge in [-0.15, -0.1) is 0 Å². The van der Waals surface area contributed by atoms with E-state index in [0.717, 1.165) is 19.6 Å². The van der Waals surface area contributed by atoms with Crippen LogP contribution in [-0.2, 0) is 0 Å². The number of nitrogens with zero attached hydrogens (tertiary/aromatic N) is 1. The lowest BCUT2D eigenvalue weighted by molar-refractivity contribution is 0.145. The maximum atomic E-state index is 5.61. The van der Waals surface area contributed by atoms with Crippen LogP contribution in [0.25, 0.3) is 0 Å². The van der Waals surface area contributed by atoms with Crippen LogP contribution in [0, 0.1) is 5.92 Å². The molecule has 0 saturated carbocycles. The topological polar surface area (TPSA) is 55.3 Å². The fourth-order valence-electron chi connectivity index (χ4n) is 1.79. The van der Waals surface area contributed by atoms with Gasteiger partial charge in [0.15, 0.2) is 0 Å². The first-order valence-electron chi connectivity index (χ1n) is 4.38. The van der Waals surface area contributed by atoms with Crippen LogP contribution in [0.15, 0.2) is 0 Å². The molecule has 1 aliphatic rings. The molecule has 1 heterocycles. The Morgan fingerprint density at radius 1 is 1.27 bits per heavy atom. The summed E-state index contributed by atoms with van der Waals surface area (Å²) in [5.74, 6) is 0.697. The fourth-order valence-corrected chi connectivity index (χ4v) is 1.79. The first kappa shape index (κ1) is 8.97. The molecule has 2 unspecified atom stereocenters. The third kappa shape index (κ3) is 2.15. The smallest absolute Gasteiger partial charge is 0.0215 e. The second-order valence-corrected chi connectivity index (χ2v) is 3.51. The molecule has 0 spiro atoms. The van der Waals surface area contributed by atoms with E-state index in [2.05, 4.69) is 11.9 Å². The molecule has 1 aliphatic heterocycles. The van der Waals surface area contributed by atoms with E-state index in [1.54, 1.807) is 0 Å². The van der Waals surface area contributed by atoms with Crippen molar-refractivity contribution in [3.8, 4) is 0 Å². The standard InChI is InChI=1S/C8H19N3/c1-11-6-7(4-9)2-3-8(11)5-10/h7-8H,2-6,9-10H2,1H3. The van der Waals surface area contributed by atoms with Crippen LogP contribution in [0.1, 0.15) is 12.8 Å². The number of hydrogen-bond acceptors (Lipinski definition) is 3. The molecule has 0 aromatic rings. The molecule has 1 rings (SSSR count).